The topological polar surface area (TPSA) is 0 Å². The van der Waals surface area contributed by atoms with Gasteiger partial charge in [0.15, 0.2) is 0 Å². The third kappa shape index (κ3) is 5.38. The maximum atomic E-state index is 2.49. The van der Waals surface area contributed by atoms with Crippen LogP contribution in [-0.2, 0) is 6.42 Å². The lowest BCUT2D eigenvalue weighted by Gasteiger charge is -2.27. The summed E-state index contributed by atoms with van der Waals surface area (Å²) in [6, 6.07) is 10.9. The van der Waals surface area contributed by atoms with Gasteiger partial charge in [-0.15, -0.1) is 0 Å². The van der Waals surface area contributed by atoms with Crippen molar-refractivity contribution in [2.45, 2.75) is 71.1 Å². The lowest BCUT2D eigenvalue weighted by Crippen LogP contribution is -2.15. The summed E-state index contributed by atoms with van der Waals surface area (Å²) in [4.78, 5) is 0. The van der Waals surface area contributed by atoms with Gasteiger partial charge < -0.3 is 0 Å². The highest BCUT2D eigenvalue weighted by Crippen LogP contribution is 2.32. The second-order valence-electron chi connectivity index (χ2n) is 6.46. The average molecular weight is 258 g/mol. The van der Waals surface area contributed by atoms with E-state index in [0.717, 1.165) is 11.8 Å². The van der Waals surface area contributed by atoms with E-state index in [4.69, 9.17) is 0 Å². The molecular formula is C19H30. The lowest BCUT2D eigenvalue weighted by molar-refractivity contribution is 0.247. The molecule has 0 amide bonds. The Balaban J connectivity index is 1.54. The van der Waals surface area contributed by atoms with Gasteiger partial charge in [0.25, 0.3) is 0 Å². The Hall–Kier alpha value is -0.780. The van der Waals surface area contributed by atoms with Crippen molar-refractivity contribution in [2.24, 2.45) is 11.8 Å². The number of benzene rings is 1. The summed E-state index contributed by atoms with van der Waals surface area (Å²) >= 11 is 0. The summed E-state index contributed by atoms with van der Waals surface area (Å²) < 4.78 is 0. The van der Waals surface area contributed by atoms with Crippen molar-refractivity contribution in [1.82, 2.24) is 0 Å². The van der Waals surface area contributed by atoms with Crippen molar-refractivity contribution in [1.29, 1.82) is 0 Å². The third-order valence-corrected chi connectivity index (χ3v) is 4.92. The van der Waals surface area contributed by atoms with E-state index < -0.39 is 0 Å². The summed E-state index contributed by atoms with van der Waals surface area (Å²) in [6.07, 6.45) is 14.4. The van der Waals surface area contributed by atoms with Gasteiger partial charge in [0, 0.05) is 0 Å². The minimum absolute atomic E-state index is 0.969. The molecule has 0 nitrogen and oxygen atoms in total. The molecule has 1 aromatic rings. The van der Waals surface area contributed by atoms with Crippen LogP contribution in [-0.4, -0.2) is 0 Å². The molecular weight excluding hydrogens is 228 g/mol. The Morgan fingerprint density at radius 3 is 2.42 bits per heavy atom. The molecule has 0 N–H and O–H groups in total. The van der Waals surface area contributed by atoms with Crippen molar-refractivity contribution < 1.29 is 0 Å². The van der Waals surface area contributed by atoms with Gasteiger partial charge in [0.1, 0.15) is 0 Å². The molecule has 1 fully saturated rings. The van der Waals surface area contributed by atoms with Gasteiger partial charge in [0.2, 0.25) is 0 Å². The van der Waals surface area contributed by atoms with Crippen LogP contribution in [0.2, 0.25) is 0 Å². The van der Waals surface area contributed by atoms with Gasteiger partial charge in [-0.3, -0.25) is 0 Å². The standard InChI is InChI=1S/C19H30/c1-17(19-15-9-4-10-16-19)11-5-2-6-12-18-13-7-3-8-14-18/h3,7-8,13-14,17,19H,2,4-6,9-12,15-16H2,1H3. The molecule has 0 aliphatic heterocycles. The summed E-state index contributed by atoms with van der Waals surface area (Å²) in [7, 11) is 0. The van der Waals surface area contributed by atoms with E-state index in [2.05, 4.69) is 37.3 Å². The number of rotatable bonds is 7. The first-order valence-electron chi connectivity index (χ1n) is 8.40. The monoisotopic (exact) mass is 258 g/mol. The Morgan fingerprint density at radius 2 is 1.68 bits per heavy atom. The fourth-order valence-corrected chi connectivity index (χ4v) is 3.56. The molecule has 0 heteroatoms. The first kappa shape index (κ1) is 14.6. The Morgan fingerprint density at radius 1 is 0.947 bits per heavy atom. The minimum atomic E-state index is 0.969. The van der Waals surface area contributed by atoms with E-state index in [-0.39, 0.29) is 0 Å². The van der Waals surface area contributed by atoms with Crippen LogP contribution in [0.3, 0.4) is 0 Å². The SMILES string of the molecule is CC(CCCCCc1ccccc1)C1CCCCC1. The van der Waals surface area contributed by atoms with E-state index in [9.17, 15) is 0 Å². The predicted octanol–water partition coefficient (Wildman–Crippen LogP) is 6.01. The van der Waals surface area contributed by atoms with Crippen molar-refractivity contribution in [3.05, 3.63) is 35.9 Å². The molecule has 106 valence electrons. The predicted molar refractivity (Wildman–Crippen MR) is 84.4 cm³/mol. The fraction of sp³-hybridized carbons (Fsp3) is 0.684. The largest absolute Gasteiger partial charge is 0.0622 e. The van der Waals surface area contributed by atoms with Crippen LogP contribution in [0.15, 0.2) is 30.3 Å². The first-order valence-corrected chi connectivity index (χ1v) is 8.40. The van der Waals surface area contributed by atoms with Crippen LogP contribution in [0.25, 0.3) is 0 Å². The second-order valence-corrected chi connectivity index (χ2v) is 6.46. The Bertz CT molecular complexity index is 321. The average Bonchev–Trinajstić information content (AvgIpc) is 2.49. The zero-order chi connectivity index (χ0) is 13.3. The number of aryl methyl sites for hydroxylation is 1. The molecule has 0 spiro atoms. The van der Waals surface area contributed by atoms with E-state index in [0.29, 0.717) is 0 Å². The molecule has 0 aromatic heterocycles. The Labute approximate surface area is 119 Å². The normalized spacial score (nSPS) is 18.4. The van der Waals surface area contributed by atoms with Crippen LogP contribution >= 0.6 is 0 Å². The molecule has 0 bridgehead atoms. The fourth-order valence-electron chi connectivity index (χ4n) is 3.56. The van der Waals surface area contributed by atoms with Gasteiger partial charge in [-0.25, -0.2) is 0 Å². The highest BCUT2D eigenvalue weighted by atomic mass is 14.2. The zero-order valence-corrected chi connectivity index (χ0v) is 12.6. The number of unbranched alkanes of at least 4 members (excludes halogenated alkanes) is 2. The summed E-state index contributed by atoms with van der Waals surface area (Å²) in [5.74, 6) is 2.01. The molecule has 1 aromatic carbocycles. The number of hydrogen-bond donors (Lipinski definition) is 0. The highest BCUT2D eigenvalue weighted by Gasteiger charge is 2.19. The molecule has 19 heavy (non-hydrogen) atoms. The van der Waals surface area contributed by atoms with Crippen molar-refractivity contribution in [3.8, 4) is 0 Å². The van der Waals surface area contributed by atoms with Crippen LogP contribution in [0.4, 0.5) is 0 Å². The van der Waals surface area contributed by atoms with Gasteiger partial charge >= 0.3 is 0 Å². The van der Waals surface area contributed by atoms with E-state index in [1.807, 2.05) is 0 Å². The Kier molecular flexibility index (Phi) is 6.47. The summed E-state index contributed by atoms with van der Waals surface area (Å²) in [5.41, 5.74) is 1.50. The molecule has 1 saturated carbocycles. The third-order valence-electron chi connectivity index (χ3n) is 4.92. The van der Waals surface area contributed by atoms with Crippen molar-refractivity contribution in [2.75, 3.05) is 0 Å². The lowest BCUT2D eigenvalue weighted by atomic mass is 9.79. The zero-order valence-electron chi connectivity index (χ0n) is 12.6. The number of hydrogen-bond acceptors (Lipinski definition) is 0. The van der Waals surface area contributed by atoms with Gasteiger partial charge in [-0.2, -0.15) is 0 Å². The quantitative estimate of drug-likeness (QED) is 0.526. The van der Waals surface area contributed by atoms with Crippen LogP contribution < -0.4 is 0 Å². The van der Waals surface area contributed by atoms with Gasteiger partial charge in [0.05, 0.1) is 0 Å². The highest BCUT2D eigenvalue weighted by molar-refractivity contribution is 5.14. The van der Waals surface area contributed by atoms with E-state index in [1.165, 1.54) is 69.8 Å². The molecule has 1 aliphatic rings. The first-order chi connectivity index (χ1) is 9.36. The van der Waals surface area contributed by atoms with Gasteiger partial charge in [-0.1, -0.05) is 88.6 Å². The molecule has 0 saturated heterocycles. The van der Waals surface area contributed by atoms with E-state index in [1.54, 1.807) is 0 Å². The smallest absolute Gasteiger partial charge is 0.0279 e. The van der Waals surface area contributed by atoms with Crippen LogP contribution in [0, 0.1) is 11.8 Å². The molecule has 2 rings (SSSR count). The summed E-state index contributed by atoms with van der Waals surface area (Å²) in [6.45, 7) is 2.49. The van der Waals surface area contributed by atoms with Crippen LogP contribution in [0.1, 0.15) is 70.3 Å². The second kappa shape index (κ2) is 8.40. The minimum Gasteiger partial charge on any atom is -0.0622 e. The summed E-state index contributed by atoms with van der Waals surface area (Å²) in [5, 5.41) is 0. The van der Waals surface area contributed by atoms with Crippen molar-refractivity contribution in [3.63, 3.8) is 0 Å². The maximum Gasteiger partial charge on any atom is -0.0279 e. The van der Waals surface area contributed by atoms with Gasteiger partial charge in [-0.05, 0) is 30.2 Å². The van der Waals surface area contributed by atoms with Crippen molar-refractivity contribution >= 4 is 0 Å². The van der Waals surface area contributed by atoms with Crippen LogP contribution in [0.5, 0.6) is 0 Å². The molecule has 1 atom stereocenters. The molecule has 1 aliphatic carbocycles. The van der Waals surface area contributed by atoms with E-state index >= 15 is 0 Å². The molecule has 0 heterocycles. The molecule has 1 unspecified atom stereocenters. The maximum absolute atomic E-state index is 2.49. The molecule has 0 radical (unpaired) electrons.